The van der Waals surface area contributed by atoms with Crippen LogP contribution in [0.15, 0.2) is 24.3 Å². The Labute approximate surface area is 185 Å². The molecule has 1 atom stereocenters. The third-order valence-electron chi connectivity index (χ3n) is 4.96. The molecule has 3 rings (SSSR count). The molecular formula is C21H26ClN5O4. The van der Waals surface area contributed by atoms with Crippen LogP contribution in [0, 0.1) is 17.0 Å². The molecule has 0 saturated carbocycles. The highest BCUT2D eigenvalue weighted by molar-refractivity contribution is 6.28. The minimum Gasteiger partial charge on any atom is -0.444 e. The summed E-state index contributed by atoms with van der Waals surface area (Å²) in [6.07, 6.45) is 0.595. The van der Waals surface area contributed by atoms with Crippen LogP contribution in [0.2, 0.25) is 5.28 Å². The zero-order chi connectivity index (χ0) is 22.8. The molecule has 31 heavy (non-hydrogen) atoms. The maximum Gasteiger partial charge on any atom is 0.410 e. The number of aryl methyl sites for hydroxylation is 1. The van der Waals surface area contributed by atoms with E-state index < -0.39 is 10.5 Å². The highest BCUT2D eigenvalue weighted by Crippen LogP contribution is 2.29. The highest BCUT2D eigenvalue weighted by Gasteiger charge is 2.30. The summed E-state index contributed by atoms with van der Waals surface area (Å²) in [5.41, 5.74) is 1.59. The van der Waals surface area contributed by atoms with Crippen molar-refractivity contribution in [2.45, 2.75) is 52.2 Å². The van der Waals surface area contributed by atoms with Gasteiger partial charge in [-0.15, -0.1) is 0 Å². The van der Waals surface area contributed by atoms with Crippen molar-refractivity contribution in [3.05, 3.63) is 56.5 Å². The first-order chi connectivity index (χ1) is 14.5. The summed E-state index contributed by atoms with van der Waals surface area (Å²) in [6, 6.07) is 7.96. The molecule has 0 radical (unpaired) electrons. The quantitative estimate of drug-likeness (QED) is 0.402. The molecule has 10 heteroatoms. The zero-order valence-corrected chi connectivity index (χ0v) is 18.8. The fourth-order valence-electron chi connectivity index (χ4n) is 3.49. The Balaban J connectivity index is 1.62. The number of amides is 1. The summed E-state index contributed by atoms with van der Waals surface area (Å²) in [7, 11) is 0. The Kier molecular flexibility index (Phi) is 6.64. The molecule has 1 amide bonds. The average molecular weight is 448 g/mol. The fourth-order valence-corrected chi connectivity index (χ4v) is 3.70. The smallest absolute Gasteiger partial charge is 0.410 e. The average Bonchev–Trinajstić information content (AvgIpc) is 3.15. The summed E-state index contributed by atoms with van der Waals surface area (Å²) in [5, 5.41) is 14.2. The van der Waals surface area contributed by atoms with Crippen LogP contribution < -0.4 is 5.32 Å². The fraction of sp³-hybridized carbons (Fsp3) is 0.476. The molecule has 2 aromatic rings. The Hall–Kier alpha value is -2.94. The summed E-state index contributed by atoms with van der Waals surface area (Å²) >= 11 is 5.85. The number of aromatic nitrogens is 2. The third-order valence-corrected chi connectivity index (χ3v) is 5.13. The number of carbonyl (C=O) groups is 1. The van der Waals surface area contributed by atoms with Crippen molar-refractivity contribution in [3.63, 3.8) is 0 Å². The van der Waals surface area contributed by atoms with E-state index in [1.54, 1.807) is 4.90 Å². The lowest BCUT2D eigenvalue weighted by atomic mass is 9.97. The van der Waals surface area contributed by atoms with Crippen molar-refractivity contribution in [1.29, 1.82) is 0 Å². The maximum atomic E-state index is 12.3. The topological polar surface area (TPSA) is 110 Å². The highest BCUT2D eigenvalue weighted by atomic mass is 35.5. The van der Waals surface area contributed by atoms with Crippen molar-refractivity contribution < 1.29 is 14.5 Å². The van der Waals surface area contributed by atoms with Crippen molar-refractivity contribution in [2.75, 3.05) is 18.4 Å². The molecule has 2 heterocycles. The number of likely N-dealkylation sites (tertiary alicyclic amines) is 1. The van der Waals surface area contributed by atoms with Gasteiger partial charge in [0.1, 0.15) is 11.3 Å². The van der Waals surface area contributed by atoms with Gasteiger partial charge in [-0.25, -0.2) is 9.78 Å². The molecule has 0 spiro atoms. The van der Waals surface area contributed by atoms with Gasteiger partial charge in [0, 0.05) is 25.6 Å². The van der Waals surface area contributed by atoms with Crippen LogP contribution in [-0.2, 0) is 11.3 Å². The normalized spacial score (nSPS) is 16.3. The lowest BCUT2D eigenvalue weighted by Gasteiger charge is -2.24. The Morgan fingerprint density at radius 3 is 2.61 bits per heavy atom. The van der Waals surface area contributed by atoms with Crippen LogP contribution in [0.1, 0.15) is 49.9 Å². The molecule has 0 bridgehead atoms. The van der Waals surface area contributed by atoms with E-state index in [0.29, 0.717) is 19.6 Å². The number of carbonyl (C=O) groups excluding carboxylic acids is 1. The van der Waals surface area contributed by atoms with Crippen molar-refractivity contribution in [3.8, 4) is 0 Å². The Morgan fingerprint density at radius 2 is 2.00 bits per heavy atom. The van der Waals surface area contributed by atoms with Crippen molar-refractivity contribution in [2.24, 2.45) is 0 Å². The van der Waals surface area contributed by atoms with Crippen LogP contribution in [0.3, 0.4) is 0 Å². The summed E-state index contributed by atoms with van der Waals surface area (Å²) < 4.78 is 5.45. The second kappa shape index (κ2) is 9.05. The molecule has 1 aromatic heterocycles. The van der Waals surface area contributed by atoms with E-state index in [-0.39, 0.29) is 34.5 Å². The lowest BCUT2D eigenvalue weighted by Crippen LogP contribution is -2.35. The van der Waals surface area contributed by atoms with Gasteiger partial charge in [0.2, 0.25) is 11.1 Å². The monoisotopic (exact) mass is 447 g/mol. The predicted molar refractivity (Wildman–Crippen MR) is 117 cm³/mol. The van der Waals surface area contributed by atoms with E-state index in [2.05, 4.69) is 15.3 Å². The van der Waals surface area contributed by atoms with Gasteiger partial charge in [-0.05, 0) is 56.8 Å². The molecule has 9 nitrogen and oxygen atoms in total. The molecule has 1 fully saturated rings. The number of nitro groups is 1. The second-order valence-electron chi connectivity index (χ2n) is 8.54. The van der Waals surface area contributed by atoms with E-state index in [1.165, 1.54) is 6.92 Å². The Morgan fingerprint density at radius 1 is 1.32 bits per heavy atom. The second-order valence-corrected chi connectivity index (χ2v) is 8.88. The van der Waals surface area contributed by atoms with Crippen LogP contribution in [0.25, 0.3) is 0 Å². The van der Waals surface area contributed by atoms with Gasteiger partial charge in [-0.3, -0.25) is 10.1 Å². The predicted octanol–water partition coefficient (Wildman–Crippen LogP) is 4.68. The number of benzene rings is 1. The van der Waals surface area contributed by atoms with Crippen LogP contribution in [0.5, 0.6) is 0 Å². The number of nitrogens with one attached hydrogen (secondary N) is 1. The molecule has 1 aliphatic rings. The van der Waals surface area contributed by atoms with Gasteiger partial charge >= 0.3 is 11.8 Å². The van der Waals surface area contributed by atoms with Crippen LogP contribution >= 0.6 is 11.6 Å². The van der Waals surface area contributed by atoms with E-state index in [9.17, 15) is 14.9 Å². The van der Waals surface area contributed by atoms with Crippen molar-refractivity contribution >= 4 is 29.2 Å². The number of ether oxygens (including phenoxy) is 1. The third kappa shape index (κ3) is 5.81. The summed E-state index contributed by atoms with van der Waals surface area (Å²) in [6.45, 7) is 8.73. The maximum absolute atomic E-state index is 12.3. The van der Waals surface area contributed by atoms with Gasteiger partial charge in [0.15, 0.2) is 0 Å². The molecule has 0 aliphatic carbocycles. The van der Waals surface area contributed by atoms with Gasteiger partial charge in [-0.2, -0.15) is 4.98 Å². The largest absolute Gasteiger partial charge is 0.444 e. The zero-order valence-electron chi connectivity index (χ0n) is 18.0. The molecule has 166 valence electrons. The standard InChI is InChI=1S/C21H26ClN5O4/c1-13-17(27(29)30)18(25-19(22)24-13)23-11-14-5-7-15(8-6-14)16-9-10-26(12-16)20(28)31-21(2,3)4/h5-8,16H,9-12H2,1-4H3,(H,23,24,25). The van der Waals surface area contributed by atoms with E-state index in [1.807, 2.05) is 45.0 Å². The van der Waals surface area contributed by atoms with E-state index in [0.717, 1.165) is 17.5 Å². The van der Waals surface area contributed by atoms with E-state index in [4.69, 9.17) is 16.3 Å². The minimum atomic E-state index is -0.520. The minimum absolute atomic E-state index is 0.0447. The summed E-state index contributed by atoms with van der Waals surface area (Å²) in [5.74, 6) is 0.342. The number of hydrogen-bond acceptors (Lipinski definition) is 7. The van der Waals surface area contributed by atoms with Crippen LogP contribution in [0.4, 0.5) is 16.3 Å². The van der Waals surface area contributed by atoms with Gasteiger partial charge in [0.05, 0.1) is 4.92 Å². The molecule has 1 aromatic carbocycles. The summed E-state index contributed by atoms with van der Waals surface area (Å²) in [4.78, 5) is 32.6. The lowest BCUT2D eigenvalue weighted by molar-refractivity contribution is -0.385. The van der Waals surface area contributed by atoms with E-state index >= 15 is 0 Å². The van der Waals surface area contributed by atoms with Gasteiger partial charge in [-0.1, -0.05) is 24.3 Å². The first-order valence-corrected chi connectivity index (χ1v) is 10.4. The SMILES string of the molecule is Cc1nc(Cl)nc(NCc2ccc(C3CCN(C(=O)OC(C)(C)C)C3)cc2)c1[N+](=O)[O-]. The molecule has 1 N–H and O–H groups in total. The molecule has 1 saturated heterocycles. The molecule has 1 unspecified atom stereocenters. The number of hydrogen-bond donors (Lipinski definition) is 1. The van der Waals surface area contributed by atoms with Gasteiger partial charge < -0.3 is 15.0 Å². The molecular weight excluding hydrogens is 422 g/mol. The number of anilines is 1. The Bertz CT molecular complexity index is 975. The van der Waals surface area contributed by atoms with Gasteiger partial charge in [0.25, 0.3) is 0 Å². The number of rotatable bonds is 5. The first kappa shape index (κ1) is 22.7. The number of halogens is 1. The first-order valence-electron chi connectivity index (χ1n) is 10.0. The number of nitrogens with zero attached hydrogens (tertiary/aromatic N) is 4. The van der Waals surface area contributed by atoms with Crippen LogP contribution in [-0.4, -0.2) is 44.6 Å². The van der Waals surface area contributed by atoms with Crippen molar-refractivity contribution in [1.82, 2.24) is 14.9 Å². The molecule has 1 aliphatic heterocycles.